The molecule has 11 nitrogen and oxygen atoms in total. The zero-order chi connectivity index (χ0) is 29.3. The lowest BCUT2D eigenvalue weighted by molar-refractivity contribution is -0.145. The minimum Gasteiger partial charge on any atom is -0.496 e. The highest BCUT2D eigenvalue weighted by molar-refractivity contribution is 5.94. The average molecular weight is 567 g/mol. The van der Waals surface area contributed by atoms with Gasteiger partial charge in [-0.05, 0) is 64.5 Å². The summed E-state index contributed by atoms with van der Waals surface area (Å²) in [4.78, 5) is 50.2. The zero-order valence-corrected chi connectivity index (χ0v) is 24.0. The fourth-order valence-electron chi connectivity index (χ4n) is 6.12. The summed E-state index contributed by atoms with van der Waals surface area (Å²) in [5, 5.41) is 13.5. The first-order chi connectivity index (χ1) is 19.7. The summed E-state index contributed by atoms with van der Waals surface area (Å²) < 4.78 is 17.5. The van der Waals surface area contributed by atoms with Crippen molar-refractivity contribution in [3.05, 3.63) is 29.8 Å². The van der Waals surface area contributed by atoms with E-state index in [9.17, 15) is 19.5 Å². The molecule has 5 unspecified atom stereocenters. The number of carboxylic acids is 1. The molecule has 2 heterocycles. The Morgan fingerprint density at radius 3 is 2.71 bits per heavy atom. The van der Waals surface area contributed by atoms with E-state index < -0.39 is 35.4 Å². The normalized spacial score (nSPS) is 28.3. The fraction of sp³-hybridized carbons (Fsp3) is 0.567. The molecule has 11 heteroatoms. The summed E-state index contributed by atoms with van der Waals surface area (Å²) in [5.74, 6) is -2.30. The van der Waals surface area contributed by atoms with Crippen molar-refractivity contribution in [1.29, 1.82) is 0 Å². The Bertz CT molecular complexity index is 1380. The van der Waals surface area contributed by atoms with Crippen molar-refractivity contribution < 1.29 is 33.7 Å². The van der Waals surface area contributed by atoms with Crippen LogP contribution in [0.2, 0.25) is 0 Å². The van der Waals surface area contributed by atoms with Gasteiger partial charge >= 0.3 is 12.0 Å². The van der Waals surface area contributed by atoms with Gasteiger partial charge < -0.3 is 29.5 Å². The molecule has 2 N–H and O–H groups in total. The van der Waals surface area contributed by atoms with Crippen LogP contribution in [-0.4, -0.2) is 76.7 Å². The third-order valence-electron chi connectivity index (χ3n) is 8.56. The number of aliphatic carboxylic acids is 1. The van der Waals surface area contributed by atoms with Gasteiger partial charge in [0.05, 0.1) is 36.5 Å². The Balaban J connectivity index is 1.46. The van der Waals surface area contributed by atoms with E-state index in [4.69, 9.17) is 14.2 Å². The number of carbonyl (C=O) groups is 3. The van der Waals surface area contributed by atoms with Crippen LogP contribution < -0.4 is 19.5 Å². The average Bonchev–Trinajstić information content (AvgIpc) is 3.48. The van der Waals surface area contributed by atoms with Crippen molar-refractivity contribution in [2.24, 2.45) is 17.8 Å². The molecule has 2 aromatic rings. The van der Waals surface area contributed by atoms with E-state index in [1.807, 2.05) is 38.1 Å². The Morgan fingerprint density at radius 2 is 1.98 bits per heavy atom. The lowest BCUT2D eigenvalue weighted by atomic mass is 9.93. The number of hydrogen-bond donors (Lipinski definition) is 2. The van der Waals surface area contributed by atoms with Gasteiger partial charge in [-0.25, -0.2) is 4.79 Å². The minimum absolute atomic E-state index is 0.135. The Morgan fingerprint density at radius 1 is 1.20 bits per heavy atom. The van der Waals surface area contributed by atoms with E-state index in [1.165, 1.54) is 0 Å². The first-order valence-corrected chi connectivity index (χ1v) is 14.3. The highest BCUT2D eigenvalue weighted by Gasteiger charge is 2.61. The van der Waals surface area contributed by atoms with Gasteiger partial charge in [0, 0.05) is 25.1 Å². The van der Waals surface area contributed by atoms with Gasteiger partial charge in [-0.1, -0.05) is 12.2 Å². The van der Waals surface area contributed by atoms with Crippen LogP contribution in [0.1, 0.15) is 51.0 Å². The van der Waals surface area contributed by atoms with Crippen LogP contribution in [0.3, 0.4) is 0 Å². The van der Waals surface area contributed by atoms with E-state index in [1.54, 1.807) is 19.1 Å². The van der Waals surface area contributed by atoms with Gasteiger partial charge in [0.15, 0.2) is 0 Å². The summed E-state index contributed by atoms with van der Waals surface area (Å²) in [5.41, 5.74) is 0.0993. The molecule has 3 aliphatic rings. The number of amides is 2. The molecule has 2 aliphatic carbocycles. The number of ether oxygens (including phenoxy) is 3. The van der Waals surface area contributed by atoms with Crippen LogP contribution in [0.5, 0.6) is 17.6 Å². The fourth-order valence-corrected chi connectivity index (χ4v) is 6.12. The van der Waals surface area contributed by atoms with Crippen molar-refractivity contribution >= 4 is 28.7 Å². The van der Waals surface area contributed by atoms with Gasteiger partial charge in [-0.15, -0.1) is 0 Å². The molecule has 1 aromatic heterocycles. The number of benzene rings is 1. The molecule has 5 rings (SSSR count). The SMILES string of the molecule is CCOc1nc(OC2CC3C(=O)NC4(C(=O)O)CC4C=CCCCCN(C)C(=O)C3C2)c2ccc(OC)c(C)c2n1. The number of carbonyl (C=O) groups excluding carboxylic acids is 2. The molecular weight excluding hydrogens is 528 g/mol. The maximum absolute atomic E-state index is 13.6. The van der Waals surface area contributed by atoms with Gasteiger partial charge in [0.2, 0.25) is 17.7 Å². The summed E-state index contributed by atoms with van der Waals surface area (Å²) >= 11 is 0. The summed E-state index contributed by atoms with van der Waals surface area (Å²) in [6.07, 6.45) is 6.78. The minimum atomic E-state index is -1.33. The van der Waals surface area contributed by atoms with Crippen LogP contribution >= 0.6 is 0 Å². The number of rotatable bonds is 6. The molecule has 2 amide bonds. The van der Waals surface area contributed by atoms with Crippen LogP contribution in [-0.2, 0) is 14.4 Å². The maximum Gasteiger partial charge on any atom is 0.330 e. The van der Waals surface area contributed by atoms with Crippen LogP contribution in [0, 0.1) is 24.7 Å². The van der Waals surface area contributed by atoms with E-state index in [2.05, 4.69) is 15.3 Å². The second kappa shape index (κ2) is 11.5. The number of hydrogen-bond acceptors (Lipinski definition) is 8. The molecule has 5 atom stereocenters. The molecule has 1 aliphatic heterocycles. The molecule has 0 bridgehead atoms. The lowest BCUT2D eigenvalue weighted by Gasteiger charge is -2.26. The number of fused-ring (bicyclic) bond motifs is 3. The Hall–Kier alpha value is -3.89. The van der Waals surface area contributed by atoms with E-state index in [0.29, 0.717) is 48.5 Å². The number of aryl methyl sites for hydroxylation is 1. The predicted octanol–water partition coefficient (Wildman–Crippen LogP) is 3.28. The van der Waals surface area contributed by atoms with Crippen LogP contribution in [0.25, 0.3) is 10.9 Å². The van der Waals surface area contributed by atoms with Crippen molar-refractivity contribution in [2.45, 2.75) is 64.0 Å². The first-order valence-electron chi connectivity index (χ1n) is 14.3. The molecule has 2 fully saturated rings. The van der Waals surface area contributed by atoms with Crippen LogP contribution in [0.4, 0.5) is 0 Å². The molecule has 220 valence electrons. The number of nitrogens with zero attached hydrogens (tertiary/aromatic N) is 3. The number of aromatic nitrogens is 2. The lowest BCUT2D eigenvalue weighted by Crippen LogP contribution is -2.49. The van der Waals surface area contributed by atoms with Crippen molar-refractivity contribution in [3.63, 3.8) is 0 Å². The maximum atomic E-state index is 13.6. The number of carboxylic acid groups (broad SMARTS) is 1. The standard InChI is InChI=1S/C30H38N4O7/c1-5-40-29-31-24-17(2)23(39-4)12-11-20(24)26(32-29)41-19-14-21-22(15-19)27(36)34(3)13-9-7-6-8-10-18-16-30(18,28(37)38)33-25(21)35/h8,10-12,18-19,21-22H,5-7,9,13-16H2,1-4H3,(H,33,35)(H,37,38). The molecule has 0 spiro atoms. The smallest absolute Gasteiger partial charge is 0.330 e. The second-order valence-electron chi connectivity index (χ2n) is 11.2. The van der Waals surface area contributed by atoms with E-state index >= 15 is 0 Å². The zero-order valence-electron chi connectivity index (χ0n) is 24.0. The summed E-state index contributed by atoms with van der Waals surface area (Å²) in [6, 6.07) is 3.80. The molecule has 0 radical (unpaired) electrons. The molecule has 41 heavy (non-hydrogen) atoms. The van der Waals surface area contributed by atoms with Crippen molar-refractivity contribution in [3.8, 4) is 17.6 Å². The third-order valence-corrected chi connectivity index (χ3v) is 8.56. The van der Waals surface area contributed by atoms with Crippen molar-refractivity contribution in [1.82, 2.24) is 20.2 Å². The summed E-state index contributed by atoms with van der Waals surface area (Å²) in [6.45, 7) is 4.68. The number of nitrogens with one attached hydrogen (secondary N) is 1. The monoisotopic (exact) mass is 566 g/mol. The number of allylic oxidation sites excluding steroid dienone is 1. The highest BCUT2D eigenvalue weighted by atomic mass is 16.5. The molecule has 0 saturated heterocycles. The number of methoxy groups -OCH3 is 1. The van der Waals surface area contributed by atoms with Crippen molar-refractivity contribution in [2.75, 3.05) is 27.3 Å². The summed E-state index contributed by atoms with van der Waals surface area (Å²) in [7, 11) is 3.35. The van der Waals surface area contributed by atoms with Crippen LogP contribution in [0.15, 0.2) is 24.3 Å². The van der Waals surface area contributed by atoms with Gasteiger partial charge in [0.25, 0.3) is 0 Å². The Kier molecular flexibility index (Phi) is 8.06. The van der Waals surface area contributed by atoms with Gasteiger partial charge in [-0.3, -0.25) is 9.59 Å². The molecule has 2 saturated carbocycles. The highest BCUT2D eigenvalue weighted by Crippen LogP contribution is 2.46. The largest absolute Gasteiger partial charge is 0.496 e. The van der Waals surface area contributed by atoms with Gasteiger partial charge in [0.1, 0.15) is 17.4 Å². The first kappa shape index (κ1) is 28.6. The Labute approximate surface area is 239 Å². The van der Waals surface area contributed by atoms with E-state index in [-0.39, 0.29) is 24.3 Å². The quantitative estimate of drug-likeness (QED) is 0.504. The second-order valence-corrected chi connectivity index (χ2v) is 11.2. The van der Waals surface area contributed by atoms with E-state index in [0.717, 1.165) is 24.8 Å². The topological polar surface area (TPSA) is 140 Å². The predicted molar refractivity (Wildman–Crippen MR) is 150 cm³/mol. The third kappa shape index (κ3) is 5.54. The molecule has 1 aromatic carbocycles. The molecular formula is C30H38N4O7. The van der Waals surface area contributed by atoms with Gasteiger partial charge in [-0.2, -0.15) is 9.97 Å².